The molecule has 0 aliphatic carbocycles. The second kappa shape index (κ2) is 4.42. The van der Waals surface area contributed by atoms with Crippen LogP contribution in [0.3, 0.4) is 0 Å². The zero-order chi connectivity index (χ0) is 9.80. The number of hydrogen-bond donors (Lipinski definition) is 1. The first kappa shape index (κ1) is 9.46. The van der Waals surface area contributed by atoms with Gasteiger partial charge in [-0.05, 0) is 32.4 Å². The highest BCUT2D eigenvalue weighted by Crippen LogP contribution is 2.15. The van der Waals surface area contributed by atoms with Crippen LogP contribution in [0.15, 0.2) is 18.0 Å². The van der Waals surface area contributed by atoms with Crippen molar-refractivity contribution >= 4 is 6.08 Å². The van der Waals surface area contributed by atoms with Crippen molar-refractivity contribution in [3.8, 4) is 0 Å². The average Bonchev–Trinajstić information content (AvgIpc) is 2.43. The lowest BCUT2D eigenvalue weighted by atomic mass is 10.1. The SMILES string of the molecule is Cn1cc(/C=C2/CCCNCC2)cn1. The largest absolute Gasteiger partial charge is 0.316 e. The van der Waals surface area contributed by atoms with Crippen LogP contribution in [0.2, 0.25) is 0 Å². The van der Waals surface area contributed by atoms with Gasteiger partial charge < -0.3 is 5.32 Å². The highest BCUT2D eigenvalue weighted by Gasteiger charge is 2.03. The van der Waals surface area contributed by atoms with E-state index in [1.807, 2.05) is 17.9 Å². The molecule has 1 aromatic rings. The predicted octanol–water partition coefficient (Wildman–Crippen LogP) is 1.58. The Morgan fingerprint density at radius 3 is 3.14 bits per heavy atom. The van der Waals surface area contributed by atoms with Crippen molar-refractivity contribution in [3.05, 3.63) is 23.5 Å². The molecule has 0 spiro atoms. The van der Waals surface area contributed by atoms with E-state index < -0.39 is 0 Å². The van der Waals surface area contributed by atoms with Crippen LogP contribution in [0.4, 0.5) is 0 Å². The first-order valence-electron chi connectivity index (χ1n) is 5.23. The second-order valence-electron chi connectivity index (χ2n) is 3.85. The van der Waals surface area contributed by atoms with Gasteiger partial charge in [-0.2, -0.15) is 5.10 Å². The van der Waals surface area contributed by atoms with Gasteiger partial charge in [-0.1, -0.05) is 11.6 Å². The van der Waals surface area contributed by atoms with E-state index in [0.717, 1.165) is 13.1 Å². The zero-order valence-electron chi connectivity index (χ0n) is 8.66. The van der Waals surface area contributed by atoms with Crippen molar-refractivity contribution in [1.82, 2.24) is 15.1 Å². The van der Waals surface area contributed by atoms with Crippen LogP contribution in [-0.2, 0) is 7.05 Å². The van der Waals surface area contributed by atoms with E-state index in [2.05, 4.69) is 22.7 Å². The quantitative estimate of drug-likeness (QED) is 0.730. The highest BCUT2D eigenvalue weighted by atomic mass is 15.2. The molecule has 1 fully saturated rings. The fraction of sp³-hybridized carbons (Fsp3) is 0.545. The third kappa shape index (κ3) is 2.45. The summed E-state index contributed by atoms with van der Waals surface area (Å²) in [6, 6.07) is 0. The molecule has 0 radical (unpaired) electrons. The molecule has 3 nitrogen and oxygen atoms in total. The lowest BCUT2D eigenvalue weighted by Gasteiger charge is -1.99. The summed E-state index contributed by atoms with van der Waals surface area (Å²) >= 11 is 0. The summed E-state index contributed by atoms with van der Waals surface area (Å²) in [6.45, 7) is 2.27. The Morgan fingerprint density at radius 2 is 2.36 bits per heavy atom. The lowest BCUT2D eigenvalue weighted by Crippen LogP contribution is -2.13. The molecule has 14 heavy (non-hydrogen) atoms. The maximum atomic E-state index is 4.16. The van der Waals surface area contributed by atoms with Gasteiger partial charge in [0.15, 0.2) is 0 Å². The Hall–Kier alpha value is -1.09. The third-order valence-corrected chi connectivity index (χ3v) is 2.57. The number of aromatic nitrogens is 2. The maximum Gasteiger partial charge on any atom is 0.0562 e. The molecule has 0 amide bonds. The molecule has 1 aliphatic rings. The van der Waals surface area contributed by atoms with Crippen molar-refractivity contribution in [1.29, 1.82) is 0 Å². The molecule has 0 saturated carbocycles. The molecule has 1 N–H and O–H groups in total. The molecule has 76 valence electrons. The normalized spacial score (nSPS) is 21.1. The molecule has 1 aromatic heterocycles. The molecular weight excluding hydrogens is 174 g/mol. The Bertz CT molecular complexity index is 315. The number of aryl methyl sites for hydroxylation is 1. The van der Waals surface area contributed by atoms with E-state index in [1.54, 1.807) is 5.57 Å². The fourth-order valence-electron chi connectivity index (χ4n) is 1.83. The topological polar surface area (TPSA) is 29.9 Å². The van der Waals surface area contributed by atoms with Crippen LogP contribution in [-0.4, -0.2) is 22.9 Å². The number of nitrogens with one attached hydrogen (secondary N) is 1. The molecule has 3 heteroatoms. The van der Waals surface area contributed by atoms with Gasteiger partial charge in [0.2, 0.25) is 0 Å². The van der Waals surface area contributed by atoms with Crippen LogP contribution in [0.5, 0.6) is 0 Å². The van der Waals surface area contributed by atoms with E-state index in [9.17, 15) is 0 Å². The van der Waals surface area contributed by atoms with E-state index >= 15 is 0 Å². The average molecular weight is 191 g/mol. The van der Waals surface area contributed by atoms with Gasteiger partial charge in [0.25, 0.3) is 0 Å². The Morgan fingerprint density at radius 1 is 1.43 bits per heavy atom. The Balaban J connectivity index is 2.08. The standard InChI is InChI=1S/C11H17N3/c1-14-9-11(8-13-14)7-10-3-2-5-12-6-4-10/h7-9,12H,2-6H2,1H3/b10-7-. The monoisotopic (exact) mass is 191 g/mol. The zero-order valence-corrected chi connectivity index (χ0v) is 8.66. The minimum Gasteiger partial charge on any atom is -0.316 e. The summed E-state index contributed by atoms with van der Waals surface area (Å²) in [7, 11) is 1.96. The van der Waals surface area contributed by atoms with Crippen LogP contribution in [0.1, 0.15) is 24.8 Å². The van der Waals surface area contributed by atoms with Crippen molar-refractivity contribution < 1.29 is 0 Å². The molecule has 2 heterocycles. The van der Waals surface area contributed by atoms with Gasteiger partial charge in [-0.25, -0.2) is 0 Å². The van der Waals surface area contributed by atoms with Crippen LogP contribution in [0.25, 0.3) is 6.08 Å². The summed E-state index contributed by atoms with van der Waals surface area (Å²) in [6.07, 6.45) is 9.92. The third-order valence-electron chi connectivity index (χ3n) is 2.57. The number of nitrogens with zero attached hydrogens (tertiary/aromatic N) is 2. The minimum absolute atomic E-state index is 1.12. The lowest BCUT2D eigenvalue weighted by molar-refractivity contribution is 0.703. The Labute approximate surface area is 84.8 Å². The molecule has 0 atom stereocenters. The predicted molar refractivity (Wildman–Crippen MR) is 57.9 cm³/mol. The molecule has 1 saturated heterocycles. The first-order valence-corrected chi connectivity index (χ1v) is 5.23. The molecule has 0 bridgehead atoms. The Kier molecular flexibility index (Phi) is 2.99. The van der Waals surface area contributed by atoms with Gasteiger partial charge in [0.05, 0.1) is 6.20 Å². The summed E-state index contributed by atoms with van der Waals surface area (Å²) in [5.41, 5.74) is 2.77. The number of rotatable bonds is 1. The van der Waals surface area contributed by atoms with Crippen LogP contribution in [0, 0.1) is 0 Å². The molecular formula is C11H17N3. The summed E-state index contributed by atoms with van der Waals surface area (Å²) in [4.78, 5) is 0. The van der Waals surface area contributed by atoms with Gasteiger partial charge in [0, 0.05) is 18.8 Å². The van der Waals surface area contributed by atoms with Crippen LogP contribution < -0.4 is 5.32 Å². The second-order valence-corrected chi connectivity index (χ2v) is 3.85. The van der Waals surface area contributed by atoms with Crippen molar-refractivity contribution in [2.24, 2.45) is 7.05 Å². The van der Waals surface area contributed by atoms with E-state index in [-0.39, 0.29) is 0 Å². The van der Waals surface area contributed by atoms with Gasteiger partial charge in [0.1, 0.15) is 0 Å². The highest BCUT2D eigenvalue weighted by molar-refractivity contribution is 5.51. The van der Waals surface area contributed by atoms with Gasteiger partial charge in [-0.3, -0.25) is 4.68 Å². The minimum atomic E-state index is 1.12. The van der Waals surface area contributed by atoms with E-state index in [1.165, 1.54) is 24.8 Å². The van der Waals surface area contributed by atoms with E-state index in [4.69, 9.17) is 0 Å². The first-order chi connectivity index (χ1) is 6.84. The fourth-order valence-corrected chi connectivity index (χ4v) is 1.83. The molecule has 0 unspecified atom stereocenters. The molecule has 1 aliphatic heterocycles. The summed E-state index contributed by atoms with van der Waals surface area (Å²) in [5.74, 6) is 0. The van der Waals surface area contributed by atoms with Crippen molar-refractivity contribution in [3.63, 3.8) is 0 Å². The van der Waals surface area contributed by atoms with Gasteiger partial charge in [-0.15, -0.1) is 0 Å². The molecule has 2 rings (SSSR count). The van der Waals surface area contributed by atoms with E-state index in [0.29, 0.717) is 0 Å². The van der Waals surface area contributed by atoms with Crippen molar-refractivity contribution in [2.75, 3.05) is 13.1 Å². The summed E-state index contributed by atoms with van der Waals surface area (Å²) < 4.78 is 1.85. The van der Waals surface area contributed by atoms with Crippen molar-refractivity contribution in [2.45, 2.75) is 19.3 Å². The smallest absolute Gasteiger partial charge is 0.0562 e. The van der Waals surface area contributed by atoms with Gasteiger partial charge >= 0.3 is 0 Å². The maximum absolute atomic E-state index is 4.16. The molecule has 0 aromatic carbocycles. The number of hydrogen-bond acceptors (Lipinski definition) is 2. The summed E-state index contributed by atoms with van der Waals surface area (Å²) in [5, 5.41) is 7.57. The van der Waals surface area contributed by atoms with Crippen LogP contribution >= 0.6 is 0 Å².